The summed E-state index contributed by atoms with van der Waals surface area (Å²) in [6.45, 7) is 4.48. The van der Waals surface area contributed by atoms with Crippen LogP contribution in [0.3, 0.4) is 0 Å². The minimum Gasteiger partial charge on any atom is -0.354 e. The van der Waals surface area contributed by atoms with Gasteiger partial charge in [0.25, 0.3) is 0 Å². The van der Waals surface area contributed by atoms with E-state index in [1.54, 1.807) is 16.9 Å². The van der Waals surface area contributed by atoms with Gasteiger partial charge >= 0.3 is 0 Å². The van der Waals surface area contributed by atoms with E-state index in [0.29, 0.717) is 12.2 Å². The number of nitrogens with two attached hydrogens (primary N) is 1. The highest BCUT2D eigenvalue weighted by atomic mass is 15.5. The normalized spacial score (nSPS) is 10.9. The topological polar surface area (TPSA) is 85.2 Å². The first-order valence-electron chi connectivity index (χ1n) is 5.84. The van der Waals surface area contributed by atoms with Gasteiger partial charge < -0.3 is 10.6 Å². The molecule has 0 saturated heterocycles. The number of rotatable bonds is 6. The molecule has 7 nitrogen and oxygen atoms in total. The Balaban J connectivity index is 2.30. The Morgan fingerprint density at radius 1 is 1.35 bits per heavy atom. The van der Waals surface area contributed by atoms with E-state index in [4.69, 9.17) is 5.73 Å². The summed E-state index contributed by atoms with van der Waals surface area (Å²) in [7, 11) is 0. The van der Waals surface area contributed by atoms with Crippen molar-refractivity contribution in [3.8, 4) is 0 Å². The molecule has 0 atom stereocenters. The zero-order valence-electron chi connectivity index (χ0n) is 9.95. The van der Waals surface area contributed by atoms with Crippen LogP contribution < -0.4 is 10.6 Å². The maximum atomic E-state index is 5.63. The monoisotopic (exact) mass is 235 g/mol. The van der Waals surface area contributed by atoms with Gasteiger partial charge in [-0.1, -0.05) is 13.3 Å². The number of tetrazole rings is 1. The molecule has 0 amide bonds. The molecule has 0 aliphatic carbocycles. The van der Waals surface area contributed by atoms with Crippen molar-refractivity contribution in [2.45, 2.75) is 19.8 Å². The number of hydrogen-bond acceptors (Lipinski definition) is 6. The van der Waals surface area contributed by atoms with E-state index in [-0.39, 0.29) is 0 Å². The molecular weight excluding hydrogens is 218 g/mol. The standard InChI is InChI=1S/C10H17N7/c1-2-3-5-16(6-4-11)10-8-12-7-9-13-14-15-17(9)10/h7-8H,2-6,11H2,1H3. The van der Waals surface area contributed by atoms with Crippen LogP contribution in [0.5, 0.6) is 0 Å². The lowest BCUT2D eigenvalue weighted by Gasteiger charge is -2.23. The molecule has 0 unspecified atom stereocenters. The summed E-state index contributed by atoms with van der Waals surface area (Å²) in [5.74, 6) is 0.895. The van der Waals surface area contributed by atoms with Gasteiger partial charge in [-0.15, -0.1) is 5.10 Å². The first kappa shape index (κ1) is 11.7. The number of anilines is 1. The fourth-order valence-electron chi connectivity index (χ4n) is 1.72. The molecule has 0 bridgehead atoms. The number of unbranched alkanes of at least 4 members (excludes halogenated alkanes) is 1. The molecule has 2 N–H and O–H groups in total. The van der Waals surface area contributed by atoms with Gasteiger partial charge in [-0.3, -0.25) is 4.98 Å². The van der Waals surface area contributed by atoms with Crippen LogP contribution in [0.4, 0.5) is 5.82 Å². The molecule has 2 rings (SSSR count). The molecule has 7 heteroatoms. The van der Waals surface area contributed by atoms with Crippen molar-refractivity contribution in [3.05, 3.63) is 12.4 Å². The molecule has 0 radical (unpaired) electrons. The maximum absolute atomic E-state index is 5.63. The predicted octanol–water partition coefficient (Wildman–Crippen LogP) is 0.0845. The SMILES string of the molecule is CCCCN(CCN)c1cncc2nnnn12. The van der Waals surface area contributed by atoms with Crippen LogP contribution in [0.1, 0.15) is 19.8 Å². The van der Waals surface area contributed by atoms with Crippen molar-refractivity contribution < 1.29 is 0 Å². The van der Waals surface area contributed by atoms with E-state index in [2.05, 4.69) is 32.3 Å². The zero-order chi connectivity index (χ0) is 12.1. The summed E-state index contributed by atoms with van der Waals surface area (Å²) in [6, 6.07) is 0. The third-order valence-corrected chi connectivity index (χ3v) is 2.60. The van der Waals surface area contributed by atoms with Crippen LogP contribution in [0.25, 0.3) is 5.65 Å². The number of nitrogens with zero attached hydrogens (tertiary/aromatic N) is 6. The lowest BCUT2D eigenvalue weighted by Crippen LogP contribution is -2.32. The average molecular weight is 235 g/mol. The quantitative estimate of drug-likeness (QED) is 0.763. The number of aromatic nitrogens is 5. The second kappa shape index (κ2) is 5.53. The van der Waals surface area contributed by atoms with Gasteiger partial charge in [0.05, 0.1) is 12.4 Å². The van der Waals surface area contributed by atoms with E-state index in [1.165, 1.54) is 0 Å². The summed E-state index contributed by atoms with van der Waals surface area (Å²) >= 11 is 0. The van der Waals surface area contributed by atoms with Crippen LogP contribution in [0.2, 0.25) is 0 Å². The molecule has 0 aliphatic rings. The van der Waals surface area contributed by atoms with Crippen LogP contribution in [-0.4, -0.2) is 44.7 Å². The van der Waals surface area contributed by atoms with E-state index >= 15 is 0 Å². The highest BCUT2D eigenvalue weighted by Crippen LogP contribution is 2.13. The number of fused-ring (bicyclic) bond motifs is 1. The van der Waals surface area contributed by atoms with Crippen LogP contribution in [0.15, 0.2) is 12.4 Å². The van der Waals surface area contributed by atoms with Gasteiger partial charge in [0.1, 0.15) is 0 Å². The molecule has 2 heterocycles. The third kappa shape index (κ3) is 2.50. The van der Waals surface area contributed by atoms with Crippen molar-refractivity contribution in [1.29, 1.82) is 0 Å². The Hall–Kier alpha value is -1.76. The Kier molecular flexibility index (Phi) is 3.81. The molecule has 0 aliphatic heterocycles. The molecule has 0 aromatic carbocycles. The van der Waals surface area contributed by atoms with Gasteiger partial charge in [-0.25, -0.2) is 0 Å². The van der Waals surface area contributed by atoms with Crippen molar-refractivity contribution in [2.75, 3.05) is 24.5 Å². The first-order valence-corrected chi connectivity index (χ1v) is 5.84. The van der Waals surface area contributed by atoms with Crippen LogP contribution in [-0.2, 0) is 0 Å². The lowest BCUT2D eigenvalue weighted by molar-refractivity contribution is 0.687. The van der Waals surface area contributed by atoms with E-state index in [1.807, 2.05) is 0 Å². The minimum atomic E-state index is 0.599. The Morgan fingerprint density at radius 3 is 3.00 bits per heavy atom. The predicted molar refractivity (Wildman–Crippen MR) is 64.8 cm³/mol. The molecule has 2 aromatic rings. The highest BCUT2D eigenvalue weighted by Gasteiger charge is 2.11. The Bertz CT molecular complexity index is 466. The number of hydrogen-bond donors (Lipinski definition) is 1. The van der Waals surface area contributed by atoms with E-state index in [0.717, 1.165) is 31.7 Å². The van der Waals surface area contributed by atoms with Crippen LogP contribution >= 0.6 is 0 Å². The third-order valence-electron chi connectivity index (χ3n) is 2.60. The lowest BCUT2D eigenvalue weighted by atomic mass is 10.3. The fourth-order valence-corrected chi connectivity index (χ4v) is 1.72. The highest BCUT2D eigenvalue weighted by molar-refractivity contribution is 5.45. The largest absolute Gasteiger partial charge is 0.354 e. The minimum absolute atomic E-state index is 0.599. The molecule has 92 valence electrons. The van der Waals surface area contributed by atoms with Gasteiger partial charge in [0.2, 0.25) is 0 Å². The second-order valence-electron chi connectivity index (χ2n) is 3.84. The van der Waals surface area contributed by atoms with E-state index in [9.17, 15) is 0 Å². The maximum Gasteiger partial charge on any atom is 0.199 e. The fraction of sp³-hybridized carbons (Fsp3) is 0.600. The van der Waals surface area contributed by atoms with Crippen molar-refractivity contribution in [3.63, 3.8) is 0 Å². The van der Waals surface area contributed by atoms with E-state index < -0.39 is 0 Å². The Labute approximate surface area is 99.6 Å². The summed E-state index contributed by atoms with van der Waals surface area (Å²) in [6.07, 6.45) is 5.66. The average Bonchev–Trinajstić information content (AvgIpc) is 2.82. The van der Waals surface area contributed by atoms with Gasteiger partial charge in [0.15, 0.2) is 11.5 Å². The molecule has 0 fully saturated rings. The zero-order valence-corrected chi connectivity index (χ0v) is 9.95. The Morgan fingerprint density at radius 2 is 2.24 bits per heavy atom. The molecule has 0 saturated carbocycles. The summed E-state index contributed by atoms with van der Waals surface area (Å²) in [4.78, 5) is 6.32. The van der Waals surface area contributed by atoms with Crippen molar-refractivity contribution in [2.24, 2.45) is 5.73 Å². The van der Waals surface area contributed by atoms with Gasteiger partial charge in [-0.05, 0) is 16.8 Å². The van der Waals surface area contributed by atoms with Gasteiger partial charge in [-0.2, -0.15) is 4.52 Å². The van der Waals surface area contributed by atoms with Crippen molar-refractivity contribution in [1.82, 2.24) is 25.0 Å². The molecule has 17 heavy (non-hydrogen) atoms. The summed E-state index contributed by atoms with van der Waals surface area (Å²) in [5.41, 5.74) is 6.29. The van der Waals surface area contributed by atoms with Crippen LogP contribution in [0, 0.1) is 0 Å². The first-order chi connectivity index (χ1) is 8.36. The second-order valence-corrected chi connectivity index (χ2v) is 3.84. The summed E-state index contributed by atoms with van der Waals surface area (Å²) in [5, 5.41) is 11.5. The molecule has 0 spiro atoms. The molecule has 2 aromatic heterocycles. The van der Waals surface area contributed by atoms with Crippen molar-refractivity contribution >= 4 is 11.5 Å². The van der Waals surface area contributed by atoms with Gasteiger partial charge in [0, 0.05) is 19.6 Å². The summed E-state index contributed by atoms with van der Waals surface area (Å²) < 4.78 is 1.69. The molecular formula is C10H17N7. The smallest absolute Gasteiger partial charge is 0.199 e.